The summed E-state index contributed by atoms with van der Waals surface area (Å²) >= 11 is 0. The van der Waals surface area contributed by atoms with Gasteiger partial charge in [-0.05, 0) is 38.8 Å². The van der Waals surface area contributed by atoms with Crippen LogP contribution in [0, 0.1) is 11.6 Å². The number of nitrogens with zero attached hydrogens (tertiary/aromatic N) is 1. The molecule has 1 atom stereocenters. The minimum atomic E-state index is -0.917. The first-order chi connectivity index (χ1) is 11.5. The summed E-state index contributed by atoms with van der Waals surface area (Å²) in [5.74, 6) is -0.822. The smallest absolute Gasteiger partial charge is 0.191 e. The number of aliphatic imine (C=N–C) groups is 1. The summed E-state index contributed by atoms with van der Waals surface area (Å²) in [6.07, 6.45) is 2.08. The van der Waals surface area contributed by atoms with E-state index < -0.39 is 11.6 Å². The molecule has 2 N–H and O–H groups in total. The van der Waals surface area contributed by atoms with Gasteiger partial charge in [0.1, 0.15) is 12.4 Å². The lowest BCUT2D eigenvalue weighted by Crippen LogP contribution is -2.40. The van der Waals surface area contributed by atoms with Crippen molar-refractivity contribution in [1.29, 1.82) is 0 Å². The molecule has 5 nitrogen and oxygen atoms in total. The van der Waals surface area contributed by atoms with Gasteiger partial charge in [-0.1, -0.05) is 0 Å². The highest BCUT2D eigenvalue weighted by molar-refractivity contribution is 14.0. The summed E-state index contributed by atoms with van der Waals surface area (Å²) < 4.78 is 37.0. The highest BCUT2D eigenvalue weighted by Crippen LogP contribution is 2.24. The summed E-state index contributed by atoms with van der Waals surface area (Å²) in [6.45, 7) is 6.98. The Hall–Kier alpha value is -1.16. The topological polar surface area (TPSA) is 54.9 Å². The molecule has 1 aliphatic heterocycles. The molecule has 0 aromatic heterocycles. The van der Waals surface area contributed by atoms with Gasteiger partial charge in [0.05, 0.1) is 18.7 Å². The number of halogens is 3. The molecule has 1 aromatic rings. The van der Waals surface area contributed by atoms with Gasteiger partial charge in [0.2, 0.25) is 0 Å². The maximum atomic E-state index is 13.1. The molecule has 1 saturated heterocycles. The van der Waals surface area contributed by atoms with Crippen molar-refractivity contribution in [1.82, 2.24) is 10.6 Å². The molecular weight excluding hydrogens is 443 g/mol. The fourth-order valence-electron chi connectivity index (χ4n) is 2.45. The number of guanidine groups is 1. The minimum absolute atomic E-state index is 0. The van der Waals surface area contributed by atoms with Crippen LogP contribution in [0.15, 0.2) is 23.2 Å². The summed E-state index contributed by atoms with van der Waals surface area (Å²) in [4.78, 5) is 4.54. The van der Waals surface area contributed by atoms with Crippen LogP contribution in [0.3, 0.4) is 0 Å². The van der Waals surface area contributed by atoms with Crippen LogP contribution in [0.2, 0.25) is 0 Å². The average molecular weight is 469 g/mol. The lowest BCUT2D eigenvalue weighted by molar-refractivity contribution is 0.0283. The number of ether oxygens (including phenoxy) is 2. The van der Waals surface area contributed by atoms with E-state index in [-0.39, 0.29) is 29.6 Å². The van der Waals surface area contributed by atoms with Crippen LogP contribution >= 0.6 is 24.0 Å². The van der Waals surface area contributed by atoms with Crippen molar-refractivity contribution >= 4 is 29.9 Å². The van der Waals surface area contributed by atoms with Crippen molar-refractivity contribution in [3.05, 3.63) is 29.8 Å². The first kappa shape index (κ1) is 21.9. The summed E-state index contributed by atoms with van der Waals surface area (Å²) in [6, 6.07) is 3.48. The first-order valence-corrected chi connectivity index (χ1v) is 8.26. The fraction of sp³-hybridized carbons (Fsp3) is 0.588. The van der Waals surface area contributed by atoms with Crippen molar-refractivity contribution in [3.8, 4) is 5.75 Å². The van der Waals surface area contributed by atoms with Crippen LogP contribution in [-0.2, 0) is 4.74 Å². The quantitative estimate of drug-likeness (QED) is 0.279. The van der Waals surface area contributed by atoms with E-state index in [9.17, 15) is 8.78 Å². The minimum Gasteiger partial charge on any atom is -0.492 e. The number of rotatable bonds is 7. The third-order valence-electron chi connectivity index (χ3n) is 3.77. The monoisotopic (exact) mass is 469 g/mol. The summed E-state index contributed by atoms with van der Waals surface area (Å²) in [7, 11) is 0. The lowest BCUT2D eigenvalue weighted by Gasteiger charge is -2.21. The van der Waals surface area contributed by atoms with Gasteiger partial charge in [-0.25, -0.2) is 8.78 Å². The van der Waals surface area contributed by atoms with Gasteiger partial charge in [0.25, 0.3) is 0 Å². The zero-order chi connectivity index (χ0) is 17.4. The molecule has 0 amide bonds. The highest BCUT2D eigenvalue weighted by atomic mass is 127. The van der Waals surface area contributed by atoms with E-state index in [0.29, 0.717) is 31.4 Å². The Labute approximate surface area is 164 Å². The van der Waals surface area contributed by atoms with Crippen LogP contribution in [-0.4, -0.2) is 44.4 Å². The number of benzene rings is 1. The molecule has 142 valence electrons. The van der Waals surface area contributed by atoms with E-state index >= 15 is 0 Å². The van der Waals surface area contributed by atoms with Crippen molar-refractivity contribution in [3.63, 3.8) is 0 Å². The molecule has 1 heterocycles. The van der Waals surface area contributed by atoms with E-state index in [0.717, 1.165) is 38.1 Å². The van der Waals surface area contributed by atoms with Crippen molar-refractivity contribution in [2.24, 2.45) is 4.99 Å². The zero-order valence-electron chi connectivity index (χ0n) is 14.6. The van der Waals surface area contributed by atoms with Crippen molar-refractivity contribution in [2.45, 2.75) is 32.3 Å². The predicted octanol–water partition coefficient (Wildman–Crippen LogP) is 3.09. The van der Waals surface area contributed by atoms with E-state index in [1.165, 1.54) is 6.07 Å². The zero-order valence-corrected chi connectivity index (χ0v) is 16.9. The van der Waals surface area contributed by atoms with E-state index in [1.807, 2.05) is 6.92 Å². The molecule has 0 radical (unpaired) electrons. The number of hydrogen-bond donors (Lipinski definition) is 2. The maximum absolute atomic E-state index is 13.1. The van der Waals surface area contributed by atoms with Gasteiger partial charge >= 0.3 is 0 Å². The standard InChI is InChI=1S/C17H25F2N3O2.HI/c1-3-20-16(22-12-17(2)7-4-9-24-17)21-8-10-23-13-5-6-14(18)15(19)11-13;/h5-6,11H,3-4,7-10,12H2,1-2H3,(H2,20,21,22);1H. The second kappa shape index (κ2) is 10.7. The third kappa shape index (κ3) is 7.31. The molecule has 1 aromatic carbocycles. The van der Waals surface area contributed by atoms with Gasteiger partial charge in [-0.3, -0.25) is 4.99 Å². The molecule has 1 unspecified atom stereocenters. The van der Waals surface area contributed by atoms with Crippen molar-refractivity contribution in [2.75, 3.05) is 32.8 Å². The molecule has 2 rings (SSSR count). The molecule has 0 bridgehead atoms. The molecule has 0 aliphatic carbocycles. The molecule has 0 saturated carbocycles. The molecule has 8 heteroatoms. The molecule has 1 aliphatic rings. The number of hydrogen-bond acceptors (Lipinski definition) is 3. The SMILES string of the molecule is CCNC(=NCC1(C)CCCO1)NCCOc1ccc(F)c(F)c1.I. The van der Waals surface area contributed by atoms with Gasteiger partial charge < -0.3 is 20.1 Å². The predicted molar refractivity (Wildman–Crippen MR) is 105 cm³/mol. The van der Waals surface area contributed by atoms with Crippen LogP contribution in [0.4, 0.5) is 8.78 Å². The lowest BCUT2D eigenvalue weighted by atomic mass is 10.0. The Morgan fingerprint density at radius 1 is 1.32 bits per heavy atom. The van der Waals surface area contributed by atoms with Gasteiger partial charge in [0.15, 0.2) is 17.6 Å². The Morgan fingerprint density at radius 2 is 2.12 bits per heavy atom. The second-order valence-corrected chi connectivity index (χ2v) is 5.95. The molecule has 1 fully saturated rings. The first-order valence-electron chi connectivity index (χ1n) is 8.26. The maximum Gasteiger partial charge on any atom is 0.191 e. The van der Waals surface area contributed by atoms with Crippen LogP contribution in [0.25, 0.3) is 0 Å². The van der Waals surface area contributed by atoms with Gasteiger partial charge in [-0.15, -0.1) is 24.0 Å². The molecule has 25 heavy (non-hydrogen) atoms. The number of nitrogens with one attached hydrogen (secondary N) is 2. The van der Waals surface area contributed by atoms with Crippen LogP contribution < -0.4 is 15.4 Å². The Bertz CT molecular complexity index is 567. The Balaban J connectivity index is 0.00000312. The average Bonchev–Trinajstić information content (AvgIpc) is 2.99. The van der Waals surface area contributed by atoms with Crippen LogP contribution in [0.1, 0.15) is 26.7 Å². The normalized spacial score (nSPS) is 20.1. The summed E-state index contributed by atoms with van der Waals surface area (Å²) in [5, 5.41) is 6.31. The molecular formula is C17H26F2IN3O2. The van der Waals surface area contributed by atoms with E-state index in [4.69, 9.17) is 9.47 Å². The Kier molecular flexibility index (Phi) is 9.41. The third-order valence-corrected chi connectivity index (χ3v) is 3.77. The van der Waals surface area contributed by atoms with Crippen molar-refractivity contribution < 1.29 is 18.3 Å². The fourth-order valence-corrected chi connectivity index (χ4v) is 2.45. The van der Waals surface area contributed by atoms with Crippen LogP contribution in [0.5, 0.6) is 5.75 Å². The van der Waals surface area contributed by atoms with E-state index in [1.54, 1.807) is 0 Å². The molecule has 0 spiro atoms. The van der Waals surface area contributed by atoms with Gasteiger partial charge in [0, 0.05) is 19.2 Å². The van der Waals surface area contributed by atoms with E-state index in [2.05, 4.69) is 22.5 Å². The Morgan fingerprint density at radius 3 is 2.76 bits per heavy atom. The van der Waals surface area contributed by atoms with Gasteiger partial charge in [-0.2, -0.15) is 0 Å². The summed E-state index contributed by atoms with van der Waals surface area (Å²) in [5.41, 5.74) is -0.190. The largest absolute Gasteiger partial charge is 0.492 e. The highest BCUT2D eigenvalue weighted by Gasteiger charge is 2.29. The second-order valence-electron chi connectivity index (χ2n) is 5.95.